The van der Waals surface area contributed by atoms with Crippen LogP contribution in [0.3, 0.4) is 0 Å². The van der Waals surface area contributed by atoms with Gasteiger partial charge in [-0.25, -0.2) is 0 Å². The maximum Gasteiger partial charge on any atom is 0.141 e. The molecule has 0 aliphatic carbocycles. The first-order valence-corrected chi connectivity index (χ1v) is 8.58. The number of hydrogen-bond donors (Lipinski definition) is 0. The summed E-state index contributed by atoms with van der Waals surface area (Å²) in [7, 11) is 2.17. The van der Waals surface area contributed by atoms with E-state index >= 15 is 0 Å². The molecule has 0 N–H and O–H groups in total. The van der Waals surface area contributed by atoms with Gasteiger partial charge in [-0.15, -0.1) is 6.58 Å². The summed E-state index contributed by atoms with van der Waals surface area (Å²) in [6.07, 6.45) is 2.60. The number of allylic oxidation sites excluding steroid dienone is 1. The third-order valence-corrected chi connectivity index (χ3v) is 4.33. The molecule has 4 nitrogen and oxygen atoms in total. The molecule has 0 unspecified atom stereocenters. The van der Waals surface area contributed by atoms with Gasteiger partial charge in [0.1, 0.15) is 12.4 Å². The molecule has 0 spiro atoms. The van der Waals surface area contributed by atoms with Crippen molar-refractivity contribution in [2.24, 2.45) is 0 Å². The fourth-order valence-corrected chi connectivity index (χ4v) is 2.85. The Kier molecular flexibility index (Phi) is 7.89. The van der Waals surface area contributed by atoms with Crippen LogP contribution in [-0.4, -0.2) is 69.4 Å². The van der Waals surface area contributed by atoms with E-state index in [1.807, 2.05) is 24.3 Å². The fourth-order valence-electron chi connectivity index (χ4n) is 2.60. The molecule has 0 aromatic heterocycles. The summed E-state index contributed by atoms with van der Waals surface area (Å²) < 4.78 is 11.5. The molecule has 1 aromatic rings. The Labute approximate surface area is 144 Å². The van der Waals surface area contributed by atoms with Gasteiger partial charge in [0.15, 0.2) is 0 Å². The zero-order valence-electron chi connectivity index (χ0n) is 14.0. The first kappa shape index (κ1) is 18.3. The number of halogens is 1. The second kappa shape index (κ2) is 9.93. The highest BCUT2D eigenvalue weighted by Crippen LogP contribution is 2.29. The minimum atomic E-state index is 0.511. The fraction of sp³-hybridized carbons (Fsp3) is 0.556. The van der Waals surface area contributed by atoms with E-state index in [1.165, 1.54) is 0 Å². The summed E-state index contributed by atoms with van der Waals surface area (Å²) in [6.45, 7) is 11.1. The smallest absolute Gasteiger partial charge is 0.141 e. The molecule has 1 aliphatic rings. The van der Waals surface area contributed by atoms with Crippen molar-refractivity contribution in [1.29, 1.82) is 0 Å². The van der Waals surface area contributed by atoms with E-state index in [9.17, 15) is 0 Å². The van der Waals surface area contributed by atoms with Gasteiger partial charge in [0.25, 0.3) is 0 Å². The van der Waals surface area contributed by atoms with Gasteiger partial charge in [-0.3, -0.25) is 4.90 Å². The number of piperazine rings is 1. The van der Waals surface area contributed by atoms with Gasteiger partial charge in [0.05, 0.1) is 18.2 Å². The van der Waals surface area contributed by atoms with E-state index in [0.717, 1.165) is 57.1 Å². The summed E-state index contributed by atoms with van der Waals surface area (Å²) in [5.41, 5.74) is 1.06. The summed E-state index contributed by atoms with van der Waals surface area (Å²) >= 11 is 6.21. The van der Waals surface area contributed by atoms with Crippen LogP contribution in [0.2, 0.25) is 5.02 Å². The molecule has 1 aromatic carbocycles. The lowest BCUT2D eigenvalue weighted by atomic mass is 10.1. The van der Waals surface area contributed by atoms with E-state index in [2.05, 4.69) is 23.4 Å². The normalized spacial score (nSPS) is 16.4. The molecular formula is C18H27ClN2O2. The van der Waals surface area contributed by atoms with Crippen molar-refractivity contribution in [3.63, 3.8) is 0 Å². The highest BCUT2D eigenvalue weighted by Gasteiger charge is 2.13. The lowest BCUT2D eigenvalue weighted by Gasteiger charge is -2.32. The minimum Gasteiger partial charge on any atom is -0.489 e. The number of ether oxygens (including phenoxy) is 2. The molecule has 0 bridgehead atoms. The molecule has 1 saturated heterocycles. The van der Waals surface area contributed by atoms with Crippen LogP contribution < -0.4 is 4.74 Å². The molecule has 128 valence electrons. The molecule has 1 aliphatic heterocycles. The maximum atomic E-state index is 6.21. The van der Waals surface area contributed by atoms with Crippen molar-refractivity contribution in [2.75, 3.05) is 59.6 Å². The predicted octanol–water partition coefficient (Wildman–Crippen LogP) is 2.71. The highest BCUT2D eigenvalue weighted by molar-refractivity contribution is 6.32. The van der Waals surface area contributed by atoms with Crippen molar-refractivity contribution >= 4 is 11.6 Å². The van der Waals surface area contributed by atoms with Crippen LogP contribution in [0.15, 0.2) is 30.9 Å². The average molecular weight is 339 g/mol. The molecule has 0 amide bonds. The molecule has 0 radical (unpaired) electrons. The van der Waals surface area contributed by atoms with Gasteiger partial charge in [-0.05, 0) is 25.1 Å². The largest absolute Gasteiger partial charge is 0.489 e. The minimum absolute atomic E-state index is 0.511. The van der Waals surface area contributed by atoms with E-state index in [1.54, 1.807) is 0 Å². The van der Waals surface area contributed by atoms with E-state index < -0.39 is 0 Å². The molecule has 0 atom stereocenters. The lowest BCUT2D eigenvalue weighted by Crippen LogP contribution is -2.45. The Morgan fingerprint density at radius 1 is 1.17 bits per heavy atom. The summed E-state index contributed by atoms with van der Waals surface area (Å²) in [4.78, 5) is 4.80. The zero-order valence-corrected chi connectivity index (χ0v) is 14.7. The second-order valence-electron chi connectivity index (χ2n) is 5.83. The number of para-hydroxylation sites is 1. The zero-order chi connectivity index (χ0) is 16.5. The van der Waals surface area contributed by atoms with Crippen LogP contribution in [-0.2, 0) is 11.2 Å². The van der Waals surface area contributed by atoms with Gasteiger partial charge in [0, 0.05) is 32.7 Å². The van der Waals surface area contributed by atoms with Gasteiger partial charge in [-0.2, -0.15) is 0 Å². The van der Waals surface area contributed by atoms with E-state index in [-0.39, 0.29) is 0 Å². The van der Waals surface area contributed by atoms with Gasteiger partial charge < -0.3 is 14.4 Å². The van der Waals surface area contributed by atoms with Crippen LogP contribution in [0.25, 0.3) is 0 Å². The third kappa shape index (κ3) is 6.15. The standard InChI is InChI=1S/C18H27ClN2O2/c1-3-5-16-6-4-7-17(19)18(16)23-15-14-22-13-12-21-10-8-20(2)9-11-21/h3-4,6-7H,1,5,8-15H2,2H3. The lowest BCUT2D eigenvalue weighted by molar-refractivity contribution is 0.0657. The van der Waals surface area contributed by atoms with Crippen molar-refractivity contribution in [3.8, 4) is 5.75 Å². The Bertz CT molecular complexity index is 488. The number of hydrogen-bond acceptors (Lipinski definition) is 4. The summed E-state index contributed by atoms with van der Waals surface area (Å²) in [6, 6.07) is 5.79. The first-order valence-electron chi connectivity index (χ1n) is 8.20. The van der Waals surface area contributed by atoms with Gasteiger partial charge >= 0.3 is 0 Å². The Hall–Kier alpha value is -1.07. The van der Waals surface area contributed by atoms with Gasteiger partial charge in [0.2, 0.25) is 0 Å². The topological polar surface area (TPSA) is 24.9 Å². The van der Waals surface area contributed by atoms with E-state index in [4.69, 9.17) is 21.1 Å². The van der Waals surface area contributed by atoms with Crippen LogP contribution in [0.4, 0.5) is 0 Å². The molecule has 5 heteroatoms. The van der Waals surface area contributed by atoms with Crippen LogP contribution in [0.5, 0.6) is 5.75 Å². The number of nitrogens with zero attached hydrogens (tertiary/aromatic N) is 2. The van der Waals surface area contributed by atoms with Crippen LogP contribution >= 0.6 is 11.6 Å². The Balaban J connectivity index is 1.63. The maximum absolute atomic E-state index is 6.21. The monoisotopic (exact) mass is 338 g/mol. The van der Waals surface area contributed by atoms with Crippen LogP contribution in [0, 0.1) is 0 Å². The molecule has 0 saturated carbocycles. The average Bonchev–Trinajstić information content (AvgIpc) is 2.55. The van der Waals surface area contributed by atoms with Crippen molar-refractivity contribution in [3.05, 3.63) is 41.4 Å². The van der Waals surface area contributed by atoms with Crippen LogP contribution in [0.1, 0.15) is 5.56 Å². The summed E-state index contributed by atoms with van der Waals surface area (Å²) in [5.74, 6) is 0.747. The molecule has 23 heavy (non-hydrogen) atoms. The highest BCUT2D eigenvalue weighted by atomic mass is 35.5. The first-order chi connectivity index (χ1) is 11.2. The van der Waals surface area contributed by atoms with E-state index in [0.29, 0.717) is 18.2 Å². The number of likely N-dealkylation sites (N-methyl/N-ethyl adjacent to an activating group) is 1. The Morgan fingerprint density at radius 2 is 1.96 bits per heavy atom. The number of benzene rings is 1. The van der Waals surface area contributed by atoms with Crippen molar-refractivity contribution < 1.29 is 9.47 Å². The van der Waals surface area contributed by atoms with Gasteiger partial charge in [-0.1, -0.05) is 29.8 Å². The number of rotatable bonds is 9. The second-order valence-corrected chi connectivity index (χ2v) is 6.23. The molecule has 2 rings (SSSR count). The predicted molar refractivity (Wildman–Crippen MR) is 95.6 cm³/mol. The quantitative estimate of drug-likeness (QED) is 0.510. The molecular weight excluding hydrogens is 312 g/mol. The Morgan fingerprint density at radius 3 is 2.70 bits per heavy atom. The SMILES string of the molecule is C=CCc1cccc(Cl)c1OCCOCCN1CCN(C)CC1. The summed E-state index contributed by atoms with van der Waals surface area (Å²) in [5, 5.41) is 0.641. The molecule has 1 heterocycles. The van der Waals surface area contributed by atoms with Crippen molar-refractivity contribution in [2.45, 2.75) is 6.42 Å². The van der Waals surface area contributed by atoms with Crippen molar-refractivity contribution in [1.82, 2.24) is 9.80 Å². The molecule has 1 fully saturated rings. The third-order valence-electron chi connectivity index (χ3n) is 4.03.